The molecule has 4 nitrogen and oxygen atoms in total. The van der Waals surface area contributed by atoms with E-state index < -0.39 is 0 Å². The fourth-order valence-electron chi connectivity index (χ4n) is 1.72. The molecule has 0 saturated carbocycles. The smallest absolute Gasteiger partial charge is 0.0976 e. The lowest BCUT2D eigenvalue weighted by atomic mass is 10.2. The van der Waals surface area contributed by atoms with Gasteiger partial charge in [0.25, 0.3) is 0 Å². The molecule has 0 radical (unpaired) electrons. The number of aliphatic hydroxyl groups is 1. The van der Waals surface area contributed by atoms with Crippen LogP contribution in [0.1, 0.15) is 13.8 Å². The molecule has 84 valence electrons. The first-order valence-electron chi connectivity index (χ1n) is 5.18. The zero-order valence-electron chi connectivity index (χ0n) is 9.27. The average Bonchev–Trinajstić information content (AvgIpc) is 2.43. The molecule has 0 bridgehead atoms. The molecule has 1 fully saturated rings. The topological polar surface area (TPSA) is 41.9 Å². The Morgan fingerprint density at radius 3 is 2.71 bits per heavy atom. The number of β-amino-alcohol motifs (C(OH)–C–C–N with tert-alkyl or cyclic N) is 1. The SMILES string of the molecule is COCCN1C[C@@H](O)[C@@H](OC(C)C)C1. The van der Waals surface area contributed by atoms with E-state index in [9.17, 15) is 5.11 Å². The van der Waals surface area contributed by atoms with E-state index in [1.165, 1.54) is 0 Å². The van der Waals surface area contributed by atoms with Crippen LogP contribution in [0.25, 0.3) is 0 Å². The summed E-state index contributed by atoms with van der Waals surface area (Å²) in [6.07, 6.45) is -0.210. The highest BCUT2D eigenvalue weighted by Gasteiger charge is 2.32. The number of hydrogen-bond acceptors (Lipinski definition) is 4. The third kappa shape index (κ3) is 3.53. The third-order valence-corrected chi connectivity index (χ3v) is 2.37. The van der Waals surface area contributed by atoms with E-state index in [0.29, 0.717) is 13.2 Å². The fourth-order valence-corrected chi connectivity index (χ4v) is 1.72. The van der Waals surface area contributed by atoms with Crippen molar-refractivity contribution in [1.29, 1.82) is 0 Å². The summed E-state index contributed by atoms with van der Waals surface area (Å²) in [7, 11) is 1.69. The van der Waals surface area contributed by atoms with Gasteiger partial charge in [-0.25, -0.2) is 0 Å². The number of ether oxygens (including phenoxy) is 2. The van der Waals surface area contributed by atoms with Crippen molar-refractivity contribution < 1.29 is 14.6 Å². The van der Waals surface area contributed by atoms with Crippen LogP contribution in [-0.4, -0.2) is 61.7 Å². The zero-order valence-corrected chi connectivity index (χ0v) is 9.27. The van der Waals surface area contributed by atoms with Crippen molar-refractivity contribution >= 4 is 0 Å². The molecule has 1 saturated heterocycles. The average molecular weight is 203 g/mol. The van der Waals surface area contributed by atoms with Crippen molar-refractivity contribution in [2.45, 2.75) is 32.2 Å². The van der Waals surface area contributed by atoms with Crippen LogP contribution in [0.4, 0.5) is 0 Å². The van der Waals surface area contributed by atoms with Crippen LogP contribution in [-0.2, 0) is 9.47 Å². The van der Waals surface area contributed by atoms with Gasteiger partial charge in [-0.3, -0.25) is 4.90 Å². The number of methoxy groups -OCH3 is 1. The molecule has 1 N–H and O–H groups in total. The van der Waals surface area contributed by atoms with Crippen molar-refractivity contribution in [2.75, 3.05) is 33.4 Å². The van der Waals surface area contributed by atoms with Gasteiger partial charge in [-0.2, -0.15) is 0 Å². The van der Waals surface area contributed by atoms with Crippen LogP contribution < -0.4 is 0 Å². The van der Waals surface area contributed by atoms with E-state index in [1.54, 1.807) is 7.11 Å². The number of aliphatic hydroxyl groups excluding tert-OH is 1. The molecule has 2 atom stereocenters. The summed E-state index contributed by atoms with van der Waals surface area (Å²) < 4.78 is 10.6. The molecule has 0 aromatic carbocycles. The van der Waals surface area contributed by atoms with E-state index >= 15 is 0 Å². The van der Waals surface area contributed by atoms with Crippen LogP contribution in [0.3, 0.4) is 0 Å². The molecule has 1 aliphatic rings. The minimum atomic E-state index is -0.353. The van der Waals surface area contributed by atoms with Crippen LogP contribution in [0.15, 0.2) is 0 Å². The molecule has 14 heavy (non-hydrogen) atoms. The van der Waals surface area contributed by atoms with E-state index in [-0.39, 0.29) is 18.3 Å². The molecule has 1 rings (SSSR count). The Morgan fingerprint density at radius 1 is 1.43 bits per heavy atom. The summed E-state index contributed by atoms with van der Waals surface area (Å²) in [4.78, 5) is 2.17. The molecular formula is C10H21NO3. The second-order valence-electron chi connectivity index (χ2n) is 4.04. The fraction of sp³-hybridized carbons (Fsp3) is 1.00. The molecule has 0 aromatic heterocycles. The molecular weight excluding hydrogens is 182 g/mol. The van der Waals surface area contributed by atoms with Gasteiger partial charge in [0, 0.05) is 26.7 Å². The largest absolute Gasteiger partial charge is 0.389 e. The van der Waals surface area contributed by atoms with Crippen molar-refractivity contribution in [2.24, 2.45) is 0 Å². The standard InChI is InChI=1S/C10H21NO3/c1-8(2)14-10-7-11(4-5-13-3)6-9(10)12/h8-10,12H,4-7H2,1-3H3/t9-,10+/m1/s1. The van der Waals surface area contributed by atoms with Gasteiger partial charge in [0.1, 0.15) is 0 Å². The summed E-state index contributed by atoms with van der Waals surface area (Å²) in [6.45, 7) is 7.06. The number of hydrogen-bond donors (Lipinski definition) is 1. The molecule has 1 aliphatic heterocycles. The normalized spacial score (nSPS) is 28.9. The maximum Gasteiger partial charge on any atom is 0.0976 e. The van der Waals surface area contributed by atoms with Crippen molar-refractivity contribution in [3.8, 4) is 0 Å². The highest BCUT2D eigenvalue weighted by molar-refractivity contribution is 4.84. The summed E-state index contributed by atoms with van der Waals surface area (Å²) in [5.74, 6) is 0. The lowest BCUT2D eigenvalue weighted by Crippen LogP contribution is -2.29. The van der Waals surface area contributed by atoms with Crippen molar-refractivity contribution in [1.82, 2.24) is 4.90 Å². The zero-order chi connectivity index (χ0) is 10.6. The second-order valence-corrected chi connectivity index (χ2v) is 4.04. The van der Waals surface area contributed by atoms with Gasteiger partial charge in [0.2, 0.25) is 0 Å². The lowest BCUT2D eigenvalue weighted by Gasteiger charge is -2.18. The predicted octanol–water partition coefficient (Wildman–Crippen LogP) is 0.103. The van der Waals surface area contributed by atoms with E-state index in [2.05, 4.69) is 4.90 Å². The maximum absolute atomic E-state index is 9.70. The summed E-state index contributed by atoms with van der Waals surface area (Å²) in [6, 6.07) is 0. The first-order valence-corrected chi connectivity index (χ1v) is 5.18. The van der Waals surface area contributed by atoms with Gasteiger partial charge >= 0.3 is 0 Å². The van der Waals surface area contributed by atoms with Crippen molar-refractivity contribution in [3.63, 3.8) is 0 Å². The number of nitrogens with zero attached hydrogens (tertiary/aromatic N) is 1. The molecule has 0 aromatic rings. The Labute approximate surface area is 85.8 Å². The first-order chi connectivity index (χ1) is 6.63. The first kappa shape index (κ1) is 11.9. The van der Waals surface area contributed by atoms with Crippen molar-refractivity contribution in [3.05, 3.63) is 0 Å². The minimum absolute atomic E-state index is 0.0353. The third-order valence-electron chi connectivity index (χ3n) is 2.37. The number of rotatable bonds is 5. The molecule has 0 amide bonds. The van der Waals surface area contributed by atoms with Gasteiger partial charge in [-0.05, 0) is 13.8 Å². The van der Waals surface area contributed by atoms with Gasteiger partial charge in [-0.1, -0.05) is 0 Å². The Kier molecular flexibility index (Phi) is 4.81. The van der Waals surface area contributed by atoms with E-state index in [0.717, 1.165) is 13.1 Å². The molecule has 1 heterocycles. The predicted molar refractivity (Wildman–Crippen MR) is 54.3 cm³/mol. The number of likely N-dealkylation sites (tertiary alicyclic amines) is 1. The summed E-state index contributed by atoms with van der Waals surface area (Å²) in [5, 5.41) is 9.70. The van der Waals surface area contributed by atoms with Gasteiger partial charge in [0.15, 0.2) is 0 Å². The highest BCUT2D eigenvalue weighted by atomic mass is 16.5. The van der Waals surface area contributed by atoms with E-state index in [4.69, 9.17) is 9.47 Å². The second kappa shape index (κ2) is 5.66. The molecule has 0 unspecified atom stereocenters. The monoisotopic (exact) mass is 203 g/mol. The van der Waals surface area contributed by atoms with Gasteiger partial charge in [-0.15, -0.1) is 0 Å². The summed E-state index contributed by atoms with van der Waals surface area (Å²) in [5.41, 5.74) is 0. The Balaban J connectivity index is 2.28. The highest BCUT2D eigenvalue weighted by Crippen LogP contribution is 2.14. The van der Waals surface area contributed by atoms with Crippen LogP contribution >= 0.6 is 0 Å². The van der Waals surface area contributed by atoms with Crippen LogP contribution in [0.5, 0.6) is 0 Å². The van der Waals surface area contributed by atoms with Gasteiger partial charge in [0.05, 0.1) is 24.9 Å². The summed E-state index contributed by atoms with van der Waals surface area (Å²) >= 11 is 0. The Morgan fingerprint density at radius 2 is 2.14 bits per heavy atom. The van der Waals surface area contributed by atoms with E-state index in [1.807, 2.05) is 13.8 Å². The Hall–Kier alpha value is -0.160. The molecule has 0 aliphatic carbocycles. The van der Waals surface area contributed by atoms with Gasteiger partial charge < -0.3 is 14.6 Å². The van der Waals surface area contributed by atoms with Crippen LogP contribution in [0, 0.1) is 0 Å². The quantitative estimate of drug-likeness (QED) is 0.688. The van der Waals surface area contributed by atoms with Crippen LogP contribution in [0.2, 0.25) is 0 Å². The minimum Gasteiger partial charge on any atom is -0.389 e. The Bertz CT molecular complexity index is 163. The molecule has 4 heteroatoms. The maximum atomic E-state index is 9.70. The lowest BCUT2D eigenvalue weighted by molar-refractivity contribution is -0.0396. The molecule has 0 spiro atoms.